The quantitative estimate of drug-likeness (QED) is 0.885. The zero-order valence-corrected chi connectivity index (χ0v) is 11.1. The summed E-state index contributed by atoms with van der Waals surface area (Å²) in [6, 6.07) is 16.3. The number of benzene rings is 2. The summed E-state index contributed by atoms with van der Waals surface area (Å²) in [6.07, 6.45) is 0. The Morgan fingerprint density at radius 2 is 1.74 bits per heavy atom. The Bertz CT molecular complexity index is 571. The zero-order chi connectivity index (χ0) is 13.9. The van der Waals surface area contributed by atoms with Crippen molar-refractivity contribution in [3.63, 3.8) is 0 Å². The minimum Gasteiger partial charge on any atom is -0.386 e. The van der Waals surface area contributed by atoms with Crippen molar-refractivity contribution in [2.45, 2.75) is 19.4 Å². The predicted molar refractivity (Wildman–Crippen MR) is 76.1 cm³/mol. The van der Waals surface area contributed by atoms with Crippen LogP contribution in [0.5, 0.6) is 0 Å². The van der Waals surface area contributed by atoms with Gasteiger partial charge in [-0.3, -0.25) is 4.79 Å². The third kappa shape index (κ3) is 3.42. The molecule has 2 aromatic rings. The number of nitrogens with one attached hydrogen (secondary N) is 1. The van der Waals surface area contributed by atoms with Gasteiger partial charge >= 0.3 is 0 Å². The number of aliphatic hydroxyl groups is 1. The van der Waals surface area contributed by atoms with E-state index >= 15 is 0 Å². The lowest BCUT2D eigenvalue weighted by atomic mass is 9.98. The van der Waals surface area contributed by atoms with Gasteiger partial charge in [-0.2, -0.15) is 0 Å². The topological polar surface area (TPSA) is 49.3 Å². The van der Waals surface area contributed by atoms with E-state index in [1.165, 1.54) is 0 Å². The average Bonchev–Trinajstić information content (AvgIpc) is 2.39. The second-order valence-electron chi connectivity index (χ2n) is 4.96. The molecule has 3 heteroatoms. The molecule has 0 bridgehead atoms. The number of carbonyl (C=O) groups is 1. The highest BCUT2D eigenvalue weighted by molar-refractivity contribution is 6.04. The summed E-state index contributed by atoms with van der Waals surface area (Å²) in [5.41, 5.74) is 1.12. The fourth-order valence-corrected chi connectivity index (χ4v) is 1.77. The van der Waals surface area contributed by atoms with E-state index < -0.39 is 5.60 Å². The van der Waals surface area contributed by atoms with E-state index in [2.05, 4.69) is 5.32 Å². The summed E-state index contributed by atoms with van der Waals surface area (Å²) >= 11 is 0. The molecule has 2 aromatic carbocycles. The Balaban J connectivity index is 2.18. The Morgan fingerprint density at radius 1 is 1.05 bits per heavy atom. The van der Waals surface area contributed by atoms with Gasteiger partial charge in [-0.1, -0.05) is 30.3 Å². The van der Waals surface area contributed by atoms with Crippen molar-refractivity contribution < 1.29 is 9.90 Å². The van der Waals surface area contributed by atoms with Crippen molar-refractivity contribution in [3.05, 3.63) is 65.7 Å². The summed E-state index contributed by atoms with van der Waals surface area (Å²) in [4.78, 5) is 12.0. The van der Waals surface area contributed by atoms with Gasteiger partial charge in [-0.05, 0) is 43.7 Å². The van der Waals surface area contributed by atoms with Crippen LogP contribution in [0.2, 0.25) is 0 Å². The molecule has 0 spiro atoms. The Kier molecular flexibility index (Phi) is 3.67. The first-order chi connectivity index (χ1) is 8.97. The maximum absolute atomic E-state index is 12.0. The maximum atomic E-state index is 12.0. The molecule has 0 heterocycles. The van der Waals surface area contributed by atoms with Crippen LogP contribution in [0, 0.1) is 0 Å². The number of hydrogen-bond donors (Lipinski definition) is 2. The van der Waals surface area contributed by atoms with Crippen LogP contribution in [-0.4, -0.2) is 11.0 Å². The molecule has 1 amide bonds. The molecule has 2 N–H and O–H groups in total. The smallest absolute Gasteiger partial charge is 0.255 e. The van der Waals surface area contributed by atoms with E-state index in [4.69, 9.17) is 0 Å². The molecular weight excluding hydrogens is 238 g/mol. The average molecular weight is 255 g/mol. The number of rotatable bonds is 3. The standard InChI is InChI=1S/C16H17NO2/c1-16(2,19)13-9-6-10-14(11-13)17-15(18)12-7-4-3-5-8-12/h3-11,19H,1-2H3,(H,17,18). The lowest BCUT2D eigenvalue weighted by Gasteiger charge is -2.18. The van der Waals surface area contributed by atoms with Crippen LogP contribution in [0.4, 0.5) is 5.69 Å². The van der Waals surface area contributed by atoms with E-state index in [0.29, 0.717) is 11.3 Å². The Morgan fingerprint density at radius 3 is 2.37 bits per heavy atom. The minimum atomic E-state index is -0.923. The number of carbonyl (C=O) groups excluding carboxylic acids is 1. The largest absolute Gasteiger partial charge is 0.386 e. The summed E-state index contributed by atoms with van der Waals surface area (Å²) < 4.78 is 0. The van der Waals surface area contributed by atoms with Crippen molar-refractivity contribution in [2.24, 2.45) is 0 Å². The van der Waals surface area contributed by atoms with Crippen LogP contribution in [0.1, 0.15) is 29.8 Å². The van der Waals surface area contributed by atoms with Crippen molar-refractivity contribution in [1.82, 2.24) is 0 Å². The van der Waals surface area contributed by atoms with Gasteiger partial charge in [0, 0.05) is 11.3 Å². The highest BCUT2D eigenvalue weighted by atomic mass is 16.3. The Hall–Kier alpha value is -2.13. The second kappa shape index (κ2) is 5.24. The summed E-state index contributed by atoms with van der Waals surface area (Å²) in [5, 5.41) is 12.8. The minimum absolute atomic E-state index is 0.159. The fourth-order valence-electron chi connectivity index (χ4n) is 1.77. The monoisotopic (exact) mass is 255 g/mol. The molecule has 0 unspecified atom stereocenters. The summed E-state index contributed by atoms with van der Waals surface area (Å²) in [7, 11) is 0. The van der Waals surface area contributed by atoms with Crippen molar-refractivity contribution in [3.8, 4) is 0 Å². The summed E-state index contributed by atoms with van der Waals surface area (Å²) in [6.45, 7) is 3.43. The lowest BCUT2D eigenvalue weighted by Crippen LogP contribution is -2.17. The number of anilines is 1. The maximum Gasteiger partial charge on any atom is 0.255 e. The molecule has 2 rings (SSSR count). The lowest BCUT2D eigenvalue weighted by molar-refractivity contribution is 0.0786. The molecule has 19 heavy (non-hydrogen) atoms. The molecule has 0 fully saturated rings. The number of amides is 1. The van der Waals surface area contributed by atoms with Crippen LogP contribution in [0.3, 0.4) is 0 Å². The first-order valence-corrected chi connectivity index (χ1v) is 6.16. The molecule has 3 nitrogen and oxygen atoms in total. The first-order valence-electron chi connectivity index (χ1n) is 6.16. The van der Waals surface area contributed by atoms with Crippen molar-refractivity contribution >= 4 is 11.6 Å². The molecule has 0 saturated carbocycles. The molecule has 0 aliphatic heterocycles. The first kappa shape index (κ1) is 13.3. The normalized spacial score (nSPS) is 11.1. The number of hydrogen-bond acceptors (Lipinski definition) is 2. The molecule has 0 aliphatic rings. The third-order valence-corrected chi connectivity index (χ3v) is 2.86. The van der Waals surface area contributed by atoms with E-state index in [0.717, 1.165) is 5.56 Å². The van der Waals surface area contributed by atoms with E-state index in [1.54, 1.807) is 38.1 Å². The van der Waals surface area contributed by atoms with Crippen LogP contribution < -0.4 is 5.32 Å². The molecule has 0 atom stereocenters. The van der Waals surface area contributed by atoms with Crippen LogP contribution in [0.25, 0.3) is 0 Å². The van der Waals surface area contributed by atoms with Gasteiger partial charge in [0.2, 0.25) is 0 Å². The van der Waals surface area contributed by atoms with Gasteiger partial charge in [0.25, 0.3) is 5.91 Å². The van der Waals surface area contributed by atoms with Crippen molar-refractivity contribution in [2.75, 3.05) is 5.32 Å². The van der Waals surface area contributed by atoms with Gasteiger partial charge in [0.15, 0.2) is 0 Å². The van der Waals surface area contributed by atoms with Crippen molar-refractivity contribution in [1.29, 1.82) is 0 Å². The molecule has 0 radical (unpaired) electrons. The van der Waals surface area contributed by atoms with Gasteiger partial charge in [-0.25, -0.2) is 0 Å². The highest BCUT2D eigenvalue weighted by Crippen LogP contribution is 2.22. The van der Waals surface area contributed by atoms with E-state index in [9.17, 15) is 9.90 Å². The summed E-state index contributed by atoms with van der Waals surface area (Å²) in [5.74, 6) is -0.159. The predicted octanol–water partition coefficient (Wildman–Crippen LogP) is 3.17. The fraction of sp³-hybridized carbons (Fsp3) is 0.188. The van der Waals surface area contributed by atoms with Crippen LogP contribution in [-0.2, 0) is 5.60 Å². The van der Waals surface area contributed by atoms with Gasteiger partial charge < -0.3 is 10.4 Å². The molecule has 0 aliphatic carbocycles. The van der Waals surface area contributed by atoms with Crippen LogP contribution in [0.15, 0.2) is 54.6 Å². The molecule has 0 aromatic heterocycles. The molecule has 0 saturated heterocycles. The van der Waals surface area contributed by atoms with Crippen LogP contribution >= 0.6 is 0 Å². The third-order valence-electron chi connectivity index (χ3n) is 2.86. The van der Waals surface area contributed by atoms with Gasteiger partial charge in [0.1, 0.15) is 0 Å². The van der Waals surface area contributed by atoms with Gasteiger partial charge in [0.05, 0.1) is 5.60 Å². The van der Waals surface area contributed by atoms with Gasteiger partial charge in [-0.15, -0.1) is 0 Å². The highest BCUT2D eigenvalue weighted by Gasteiger charge is 2.16. The Labute approximate surface area is 112 Å². The molecular formula is C16H17NO2. The molecule has 98 valence electrons. The SMILES string of the molecule is CC(C)(O)c1cccc(NC(=O)c2ccccc2)c1. The van der Waals surface area contributed by atoms with E-state index in [-0.39, 0.29) is 5.91 Å². The zero-order valence-electron chi connectivity index (χ0n) is 11.1. The van der Waals surface area contributed by atoms with E-state index in [1.807, 2.05) is 30.3 Å². The second-order valence-corrected chi connectivity index (χ2v) is 4.96.